The van der Waals surface area contributed by atoms with Crippen molar-refractivity contribution < 1.29 is 19.8 Å². The third kappa shape index (κ3) is 18.9. The maximum atomic E-state index is 11.5. The molecule has 0 aromatic carbocycles. The number of carbonyl (C=O) groups is 2. The molecule has 0 atom stereocenters. The maximum absolute atomic E-state index is 11.5. The molecule has 26 heavy (non-hydrogen) atoms. The number of carbonyl (C=O) groups excluding carboxylic acids is 2. The standard InChI is InChI=1S/C20H38N2O4/c23-17-11-9-15-21-19(25)13-7-5-3-1-2-4-6-8-14-20(26)22-16-10-12-18-24/h7,13,23-24H,1-6,8-12,14-18H2,(H,21,25)(H,22,26). The summed E-state index contributed by atoms with van der Waals surface area (Å²) >= 11 is 0. The van der Waals surface area contributed by atoms with Gasteiger partial charge in [0.25, 0.3) is 0 Å². The molecule has 0 aliphatic heterocycles. The summed E-state index contributed by atoms with van der Waals surface area (Å²) in [5.41, 5.74) is 0. The molecule has 0 heterocycles. The van der Waals surface area contributed by atoms with Crippen LogP contribution in [0.1, 0.15) is 77.0 Å². The monoisotopic (exact) mass is 370 g/mol. The van der Waals surface area contributed by atoms with Crippen LogP contribution < -0.4 is 10.6 Å². The Kier molecular flexibility index (Phi) is 18.8. The van der Waals surface area contributed by atoms with Crippen molar-refractivity contribution in [2.24, 2.45) is 0 Å². The minimum absolute atomic E-state index is 0.0578. The molecule has 2 amide bonds. The summed E-state index contributed by atoms with van der Waals surface area (Å²) in [6.07, 6.45) is 14.7. The highest BCUT2D eigenvalue weighted by molar-refractivity contribution is 5.87. The van der Waals surface area contributed by atoms with Gasteiger partial charge in [-0.1, -0.05) is 31.8 Å². The first-order valence-corrected chi connectivity index (χ1v) is 10.1. The highest BCUT2D eigenvalue weighted by Gasteiger charge is 2.00. The van der Waals surface area contributed by atoms with Gasteiger partial charge in [0, 0.05) is 32.7 Å². The van der Waals surface area contributed by atoms with Gasteiger partial charge in [-0.05, 0) is 51.0 Å². The quantitative estimate of drug-likeness (QED) is 0.220. The van der Waals surface area contributed by atoms with Crippen LogP contribution in [0.5, 0.6) is 0 Å². The first kappa shape index (κ1) is 24.6. The number of amides is 2. The zero-order chi connectivity index (χ0) is 19.3. The van der Waals surface area contributed by atoms with Crippen LogP contribution in [0, 0.1) is 0 Å². The molecular weight excluding hydrogens is 332 g/mol. The topological polar surface area (TPSA) is 98.7 Å². The molecule has 152 valence electrons. The number of hydrogen-bond donors (Lipinski definition) is 4. The smallest absolute Gasteiger partial charge is 0.243 e. The van der Waals surface area contributed by atoms with Crippen molar-refractivity contribution in [2.45, 2.75) is 77.0 Å². The number of aliphatic hydroxyl groups excluding tert-OH is 2. The van der Waals surface area contributed by atoms with E-state index in [1.54, 1.807) is 6.08 Å². The van der Waals surface area contributed by atoms with E-state index in [4.69, 9.17) is 10.2 Å². The predicted octanol–water partition coefficient (Wildman–Crippen LogP) is 2.44. The lowest BCUT2D eigenvalue weighted by molar-refractivity contribution is -0.121. The minimum atomic E-state index is -0.0578. The van der Waals surface area contributed by atoms with Crippen LogP contribution >= 0.6 is 0 Å². The average molecular weight is 371 g/mol. The average Bonchev–Trinajstić information content (AvgIpc) is 2.64. The van der Waals surface area contributed by atoms with Crippen molar-refractivity contribution in [3.63, 3.8) is 0 Å². The molecule has 0 aliphatic carbocycles. The Morgan fingerprint density at radius 2 is 1.27 bits per heavy atom. The highest BCUT2D eigenvalue weighted by atomic mass is 16.3. The summed E-state index contributed by atoms with van der Waals surface area (Å²) in [7, 11) is 0. The van der Waals surface area contributed by atoms with Crippen molar-refractivity contribution in [1.82, 2.24) is 10.6 Å². The second kappa shape index (κ2) is 19.9. The Hall–Kier alpha value is -1.40. The summed E-state index contributed by atoms with van der Waals surface area (Å²) < 4.78 is 0. The molecule has 0 spiro atoms. The first-order chi connectivity index (χ1) is 12.7. The molecule has 0 aromatic rings. The van der Waals surface area contributed by atoms with E-state index in [1.165, 1.54) is 6.42 Å². The molecule has 0 unspecified atom stereocenters. The molecule has 0 fully saturated rings. The first-order valence-electron chi connectivity index (χ1n) is 10.1. The Balaban J connectivity index is 3.31. The van der Waals surface area contributed by atoms with Gasteiger partial charge in [-0.2, -0.15) is 0 Å². The number of hydrogen-bond acceptors (Lipinski definition) is 4. The number of nitrogens with one attached hydrogen (secondary N) is 2. The maximum Gasteiger partial charge on any atom is 0.243 e. The SMILES string of the molecule is O=C(C=CCCCCCCCCC(=O)NCCCCO)NCCCCO. The van der Waals surface area contributed by atoms with E-state index in [1.807, 2.05) is 6.08 Å². The lowest BCUT2D eigenvalue weighted by Gasteiger charge is -2.04. The second-order valence-corrected chi connectivity index (χ2v) is 6.56. The summed E-state index contributed by atoms with van der Waals surface area (Å²) in [5.74, 6) is 0.0558. The normalized spacial score (nSPS) is 11.0. The van der Waals surface area contributed by atoms with E-state index >= 15 is 0 Å². The zero-order valence-electron chi connectivity index (χ0n) is 16.2. The highest BCUT2D eigenvalue weighted by Crippen LogP contribution is 2.09. The number of rotatable bonds is 18. The zero-order valence-corrected chi connectivity index (χ0v) is 16.2. The summed E-state index contributed by atoms with van der Waals surface area (Å²) in [5, 5.41) is 23.0. The van der Waals surface area contributed by atoms with Crippen molar-refractivity contribution in [2.75, 3.05) is 26.3 Å². The molecule has 0 rings (SSSR count). The van der Waals surface area contributed by atoms with Crippen molar-refractivity contribution in [1.29, 1.82) is 0 Å². The molecule has 0 aliphatic rings. The Morgan fingerprint density at radius 3 is 1.92 bits per heavy atom. The summed E-state index contributed by atoms with van der Waals surface area (Å²) in [6.45, 7) is 1.63. The van der Waals surface area contributed by atoms with Gasteiger partial charge in [-0.15, -0.1) is 0 Å². The third-order valence-electron chi connectivity index (χ3n) is 4.09. The summed E-state index contributed by atoms with van der Waals surface area (Å²) in [6, 6.07) is 0. The number of aliphatic hydroxyl groups is 2. The van der Waals surface area contributed by atoms with E-state index in [0.717, 1.165) is 64.2 Å². The van der Waals surface area contributed by atoms with E-state index < -0.39 is 0 Å². The van der Waals surface area contributed by atoms with Gasteiger partial charge in [-0.25, -0.2) is 0 Å². The van der Waals surface area contributed by atoms with E-state index in [2.05, 4.69) is 10.6 Å². The Bertz CT molecular complexity index is 373. The van der Waals surface area contributed by atoms with E-state index in [9.17, 15) is 9.59 Å². The molecule has 0 bridgehead atoms. The number of unbranched alkanes of at least 4 members (excludes halogenated alkanes) is 8. The molecule has 6 nitrogen and oxygen atoms in total. The van der Waals surface area contributed by atoms with Gasteiger partial charge in [0.2, 0.25) is 11.8 Å². The third-order valence-corrected chi connectivity index (χ3v) is 4.09. The number of allylic oxidation sites excluding steroid dienone is 1. The van der Waals surface area contributed by atoms with Gasteiger partial charge in [0.05, 0.1) is 0 Å². The van der Waals surface area contributed by atoms with Crippen LogP contribution in [0.15, 0.2) is 12.2 Å². The second-order valence-electron chi connectivity index (χ2n) is 6.56. The van der Waals surface area contributed by atoms with Crippen LogP contribution in [-0.4, -0.2) is 48.3 Å². The van der Waals surface area contributed by atoms with Crippen molar-refractivity contribution in [3.8, 4) is 0 Å². The molecule has 0 saturated carbocycles. The van der Waals surface area contributed by atoms with Gasteiger partial charge < -0.3 is 20.8 Å². The largest absolute Gasteiger partial charge is 0.396 e. The fourth-order valence-electron chi connectivity index (χ4n) is 2.51. The molecule has 6 heteroatoms. The fourth-order valence-corrected chi connectivity index (χ4v) is 2.51. The van der Waals surface area contributed by atoms with E-state index in [0.29, 0.717) is 19.5 Å². The Labute approximate surface area is 158 Å². The summed E-state index contributed by atoms with van der Waals surface area (Å²) in [4.78, 5) is 23.0. The minimum Gasteiger partial charge on any atom is -0.396 e. The van der Waals surface area contributed by atoms with E-state index in [-0.39, 0.29) is 25.0 Å². The van der Waals surface area contributed by atoms with Crippen molar-refractivity contribution >= 4 is 11.8 Å². The fraction of sp³-hybridized carbons (Fsp3) is 0.800. The van der Waals surface area contributed by atoms with Crippen LogP contribution in [0.3, 0.4) is 0 Å². The lowest BCUT2D eigenvalue weighted by Crippen LogP contribution is -2.24. The predicted molar refractivity (Wildman–Crippen MR) is 105 cm³/mol. The molecule has 0 radical (unpaired) electrons. The van der Waals surface area contributed by atoms with Gasteiger partial charge in [0.15, 0.2) is 0 Å². The van der Waals surface area contributed by atoms with Crippen LogP contribution in [0.4, 0.5) is 0 Å². The van der Waals surface area contributed by atoms with Crippen LogP contribution in [0.25, 0.3) is 0 Å². The van der Waals surface area contributed by atoms with Crippen LogP contribution in [-0.2, 0) is 9.59 Å². The van der Waals surface area contributed by atoms with Gasteiger partial charge in [0.1, 0.15) is 0 Å². The molecule has 0 aromatic heterocycles. The van der Waals surface area contributed by atoms with Gasteiger partial charge >= 0.3 is 0 Å². The molecule has 0 saturated heterocycles. The van der Waals surface area contributed by atoms with Crippen molar-refractivity contribution in [3.05, 3.63) is 12.2 Å². The van der Waals surface area contributed by atoms with Gasteiger partial charge in [-0.3, -0.25) is 9.59 Å². The Morgan fingerprint density at radius 1 is 0.692 bits per heavy atom. The lowest BCUT2D eigenvalue weighted by atomic mass is 10.1. The van der Waals surface area contributed by atoms with Crippen LogP contribution in [0.2, 0.25) is 0 Å². The molecular formula is C20H38N2O4. The molecule has 4 N–H and O–H groups in total.